The van der Waals surface area contributed by atoms with Crippen molar-refractivity contribution in [2.75, 3.05) is 11.9 Å². The highest BCUT2D eigenvalue weighted by Crippen LogP contribution is 2.47. The van der Waals surface area contributed by atoms with Gasteiger partial charge in [-0.25, -0.2) is 4.84 Å². The Balaban J connectivity index is 2.03. The molecule has 2 N–H and O–H groups in total. The van der Waals surface area contributed by atoms with Crippen molar-refractivity contribution in [2.24, 2.45) is 5.92 Å². The Bertz CT molecular complexity index is 394. The summed E-state index contributed by atoms with van der Waals surface area (Å²) >= 11 is 5.48. The highest BCUT2D eigenvalue weighted by molar-refractivity contribution is 6.13. The lowest BCUT2D eigenvalue weighted by Gasteiger charge is -2.05. The summed E-state index contributed by atoms with van der Waals surface area (Å²) < 4.78 is 0. The minimum absolute atomic E-state index is 0.0353. The minimum atomic E-state index is -0.0353. The second kappa shape index (κ2) is 4.85. The SMILES string of the molecule is CC(=O)Nc1cccc(C2CC2CNCl)c1. The largest absolute Gasteiger partial charge is 0.326 e. The number of amides is 1. The van der Waals surface area contributed by atoms with Gasteiger partial charge in [-0.2, -0.15) is 0 Å². The zero-order chi connectivity index (χ0) is 11.5. The van der Waals surface area contributed by atoms with Crippen LogP contribution in [0.15, 0.2) is 24.3 Å². The van der Waals surface area contributed by atoms with Gasteiger partial charge in [-0.05, 0) is 47.7 Å². The highest BCUT2D eigenvalue weighted by Gasteiger charge is 2.37. The van der Waals surface area contributed by atoms with Gasteiger partial charge < -0.3 is 5.32 Å². The Kier molecular flexibility index (Phi) is 3.46. The molecular weight excluding hydrogens is 224 g/mol. The summed E-state index contributed by atoms with van der Waals surface area (Å²) in [6.07, 6.45) is 1.17. The lowest BCUT2D eigenvalue weighted by molar-refractivity contribution is -0.114. The molecule has 1 amide bonds. The molecule has 4 heteroatoms. The lowest BCUT2D eigenvalue weighted by atomic mass is 10.1. The van der Waals surface area contributed by atoms with Gasteiger partial charge in [0.05, 0.1) is 0 Å². The maximum Gasteiger partial charge on any atom is 0.221 e. The number of benzene rings is 1. The smallest absolute Gasteiger partial charge is 0.221 e. The first kappa shape index (κ1) is 11.4. The number of carbonyl (C=O) groups is 1. The van der Waals surface area contributed by atoms with Gasteiger partial charge in [0.1, 0.15) is 0 Å². The van der Waals surface area contributed by atoms with Gasteiger partial charge in [0.25, 0.3) is 0 Å². The summed E-state index contributed by atoms with van der Waals surface area (Å²) in [5, 5.41) is 2.79. The van der Waals surface area contributed by atoms with Crippen LogP contribution in [0, 0.1) is 5.92 Å². The van der Waals surface area contributed by atoms with Crippen LogP contribution in [0.25, 0.3) is 0 Å². The highest BCUT2D eigenvalue weighted by atomic mass is 35.5. The molecule has 2 atom stereocenters. The van der Waals surface area contributed by atoms with Crippen molar-refractivity contribution in [3.8, 4) is 0 Å². The van der Waals surface area contributed by atoms with Gasteiger partial charge in [0.2, 0.25) is 5.91 Å². The third-order valence-electron chi connectivity index (χ3n) is 2.90. The van der Waals surface area contributed by atoms with Crippen LogP contribution in [0.2, 0.25) is 0 Å². The van der Waals surface area contributed by atoms with Crippen LogP contribution in [0.3, 0.4) is 0 Å². The molecule has 0 aromatic heterocycles. The van der Waals surface area contributed by atoms with Crippen LogP contribution in [-0.4, -0.2) is 12.5 Å². The number of rotatable bonds is 4. The Labute approximate surface area is 100 Å². The van der Waals surface area contributed by atoms with E-state index in [0.29, 0.717) is 11.8 Å². The monoisotopic (exact) mass is 238 g/mol. The number of hydrogen-bond acceptors (Lipinski definition) is 2. The summed E-state index contributed by atoms with van der Waals surface area (Å²) in [6, 6.07) is 8.02. The first-order valence-corrected chi connectivity index (χ1v) is 5.79. The molecule has 1 aliphatic carbocycles. The fourth-order valence-electron chi connectivity index (χ4n) is 2.03. The number of nitrogens with one attached hydrogen (secondary N) is 2. The van der Waals surface area contributed by atoms with Crippen molar-refractivity contribution in [1.82, 2.24) is 4.84 Å². The van der Waals surface area contributed by atoms with E-state index >= 15 is 0 Å². The molecule has 16 heavy (non-hydrogen) atoms. The van der Waals surface area contributed by atoms with Gasteiger partial charge in [0.15, 0.2) is 0 Å². The molecule has 0 spiro atoms. The number of anilines is 1. The average Bonchev–Trinajstić information content (AvgIpc) is 2.97. The molecule has 0 saturated heterocycles. The van der Waals surface area contributed by atoms with Gasteiger partial charge in [0, 0.05) is 19.2 Å². The fourth-order valence-corrected chi connectivity index (χ4v) is 2.23. The molecule has 3 nitrogen and oxygen atoms in total. The zero-order valence-corrected chi connectivity index (χ0v) is 9.92. The van der Waals surface area contributed by atoms with E-state index in [1.54, 1.807) is 0 Å². The average molecular weight is 239 g/mol. The molecule has 1 aromatic rings. The van der Waals surface area contributed by atoms with Crippen LogP contribution >= 0.6 is 11.8 Å². The number of halogens is 1. The molecule has 86 valence electrons. The predicted molar refractivity (Wildman–Crippen MR) is 65.4 cm³/mol. The van der Waals surface area contributed by atoms with Crippen LogP contribution in [0.4, 0.5) is 5.69 Å². The topological polar surface area (TPSA) is 41.1 Å². The predicted octanol–water partition coefficient (Wildman–Crippen LogP) is 2.49. The fraction of sp³-hybridized carbons (Fsp3) is 0.417. The van der Waals surface area contributed by atoms with E-state index < -0.39 is 0 Å². The molecule has 2 unspecified atom stereocenters. The first-order valence-electron chi connectivity index (χ1n) is 5.41. The van der Waals surface area contributed by atoms with E-state index in [0.717, 1.165) is 12.2 Å². The van der Waals surface area contributed by atoms with E-state index in [2.05, 4.69) is 16.2 Å². The normalized spacial score (nSPS) is 22.9. The van der Waals surface area contributed by atoms with Crippen molar-refractivity contribution >= 4 is 23.4 Å². The maximum absolute atomic E-state index is 10.9. The van der Waals surface area contributed by atoms with Crippen molar-refractivity contribution in [2.45, 2.75) is 19.3 Å². The first-order chi connectivity index (χ1) is 7.70. The standard InChI is InChI=1S/C12H15ClN2O/c1-8(16)15-11-4-2-3-9(5-11)12-6-10(12)7-14-13/h2-5,10,12,14H,6-7H2,1H3,(H,15,16). The Morgan fingerprint density at radius 2 is 2.38 bits per heavy atom. The van der Waals surface area contributed by atoms with E-state index in [1.807, 2.05) is 18.2 Å². The maximum atomic E-state index is 10.9. The Morgan fingerprint density at radius 3 is 3.06 bits per heavy atom. The molecule has 1 aliphatic rings. The van der Waals surface area contributed by atoms with E-state index in [1.165, 1.54) is 18.9 Å². The summed E-state index contributed by atoms with van der Waals surface area (Å²) in [6.45, 7) is 2.36. The lowest BCUT2D eigenvalue weighted by Crippen LogP contribution is -2.06. The van der Waals surface area contributed by atoms with Crippen molar-refractivity contribution in [1.29, 1.82) is 0 Å². The molecule has 0 heterocycles. The third-order valence-corrected chi connectivity index (χ3v) is 3.05. The van der Waals surface area contributed by atoms with Crippen molar-refractivity contribution in [3.05, 3.63) is 29.8 Å². The second-order valence-corrected chi connectivity index (χ2v) is 4.51. The quantitative estimate of drug-likeness (QED) is 0.792. The second-order valence-electron chi connectivity index (χ2n) is 4.25. The van der Waals surface area contributed by atoms with Crippen LogP contribution in [0.5, 0.6) is 0 Å². The van der Waals surface area contributed by atoms with E-state index in [4.69, 9.17) is 11.8 Å². The van der Waals surface area contributed by atoms with Crippen LogP contribution in [-0.2, 0) is 4.79 Å². The molecule has 1 saturated carbocycles. The van der Waals surface area contributed by atoms with E-state index in [-0.39, 0.29) is 5.91 Å². The number of carbonyl (C=O) groups excluding carboxylic acids is 1. The molecule has 0 bridgehead atoms. The van der Waals surface area contributed by atoms with Crippen LogP contribution < -0.4 is 10.2 Å². The molecule has 0 radical (unpaired) electrons. The Hall–Kier alpha value is -1.06. The van der Waals surface area contributed by atoms with Gasteiger partial charge in [-0.15, -0.1) is 0 Å². The summed E-state index contributed by atoms with van der Waals surface area (Å²) in [5.74, 6) is 1.18. The van der Waals surface area contributed by atoms with Crippen molar-refractivity contribution < 1.29 is 4.79 Å². The summed E-state index contributed by atoms with van der Waals surface area (Å²) in [7, 11) is 0. The minimum Gasteiger partial charge on any atom is -0.326 e. The number of hydrogen-bond donors (Lipinski definition) is 2. The summed E-state index contributed by atoms with van der Waals surface area (Å²) in [4.78, 5) is 13.6. The molecule has 2 rings (SSSR count). The van der Waals surface area contributed by atoms with Gasteiger partial charge >= 0.3 is 0 Å². The molecule has 1 aromatic carbocycles. The zero-order valence-electron chi connectivity index (χ0n) is 9.16. The van der Waals surface area contributed by atoms with Gasteiger partial charge in [-0.1, -0.05) is 12.1 Å². The third kappa shape index (κ3) is 2.74. The molecule has 1 fully saturated rings. The van der Waals surface area contributed by atoms with E-state index in [9.17, 15) is 4.79 Å². The molecule has 0 aliphatic heterocycles. The van der Waals surface area contributed by atoms with Gasteiger partial charge in [-0.3, -0.25) is 4.79 Å². The Morgan fingerprint density at radius 1 is 1.56 bits per heavy atom. The van der Waals surface area contributed by atoms with Crippen LogP contribution in [0.1, 0.15) is 24.8 Å². The van der Waals surface area contributed by atoms with Crippen molar-refractivity contribution in [3.63, 3.8) is 0 Å². The molecular formula is C12H15ClN2O. The summed E-state index contributed by atoms with van der Waals surface area (Å²) in [5.41, 5.74) is 2.15.